The van der Waals surface area contributed by atoms with E-state index in [0.717, 1.165) is 0 Å². The zero-order valence-electron chi connectivity index (χ0n) is 3.79. The molecule has 0 rings (SSSR count). The highest BCUT2D eigenvalue weighted by atomic mass is 27.1. The van der Waals surface area contributed by atoms with E-state index in [1.54, 1.807) is 16.5 Å². The molecule has 0 aromatic carbocycles. The number of hydrogen-bond acceptors (Lipinski definition) is 4. The Morgan fingerprint density at radius 1 is 2.00 bits per heavy atom. The van der Waals surface area contributed by atoms with Crippen LogP contribution in [0.1, 0.15) is 6.92 Å². The third-order valence-electron chi connectivity index (χ3n) is 0.222. The van der Waals surface area contributed by atoms with Crippen molar-refractivity contribution >= 4 is 22.5 Å². The normalized spacial score (nSPS) is 9.00. The fourth-order valence-corrected chi connectivity index (χ4v) is 0.280. The van der Waals surface area contributed by atoms with E-state index in [1.165, 1.54) is 6.92 Å². The van der Waals surface area contributed by atoms with Crippen molar-refractivity contribution in [3.63, 3.8) is 0 Å². The fourth-order valence-electron chi connectivity index (χ4n) is 0.132. The molecular formula is C2H4AlNO3. The van der Waals surface area contributed by atoms with Crippen LogP contribution in [0.2, 0.25) is 0 Å². The van der Waals surface area contributed by atoms with Crippen molar-refractivity contribution < 1.29 is 14.8 Å². The number of carbonyl (C=O) groups is 1. The minimum Gasteiger partial charge on any atom is -0.371 e. The molecule has 0 aliphatic heterocycles. The van der Waals surface area contributed by atoms with Crippen molar-refractivity contribution in [1.82, 2.24) is 4.21 Å². The largest absolute Gasteiger partial charge is 0.381 e. The number of hydrogen-bond donors (Lipinski definition) is 1. The van der Waals surface area contributed by atoms with Crippen LogP contribution in [-0.2, 0) is 9.63 Å². The summed E-state index contributed by atoms with van der Waals surface area (Å²) in [5.74, 6) is -0.558. The van der Waals surface area contributed by atoms with Crippen molar-refractivity contribution in [1.29, 1.82) is 0 Å². The van der Waals surface area contributed by atoms with Gasteiger partial charge in [0.05, 0.1) is 0 Å². The SMILES string of the molecule is CC(=O)O[N](O)[Al]. The van der Waals surface area contributed by atoms with Crippen LogP contribution in [-0.4, -0.2) is 31.9 Å². The molecule has 7 heavy (non-hydrogen) atoms. The fraction of sp³-hybridized carbons (Fsp3) is 0.500. The lowest BCUT2D eigenvalue weighted by Gasteiger charge is -2.06. The predicted molar refractivity (Wildman–Crippen MR) is 21.1 cm³/mol. The Balaban J connectivity index is 3.13. The standard InChI is InChI=1S/C2H4NO3.Al/c1-2(4)6-3-5;/h5H,1H3;/q-1;+1. The van der Waals surface area contributed by atoms with Crippen molar-refractivity contribution in [3.8, 4) is 0 Å². The molecule has 0 aliphatic rings. The second kappa shape index (κ2) is 2.99. The highest BCUT2D eigenvalue weighted by Gasteiger charge is 1.91. The Kier molecular flexibility index (Phi) is 2.96. The van der Waals surface area contributed by atoms with Crippen molar-refractivity contribution in [2.75, 3.05) is 0 Å². The van der Waals surface area contributed by atoms with E-state index in [0.29, 0.717) is 0 Å². The third-order valence-corrected chi connectivity index (χ3v) is 0.327. The van der Waals surface area contributed by atoms with Gasteiger partial charge in [0.2, 0.25) is 0 Å². The highest BCUT2D eigenvalue weighted by Crippen LogP contribution is 1.74. The molecule has 0 unspecified atom stereocenters. The van der Waals surface area contributed by atoms with Crippen molar-refractivity contribution in [3.05, 3.63) is 0 Å². The maximum Gasteiger partial charge on any atom is 0.381 e. The van der Waals surface area contributed by atoms with Crippen LogP contribution >= 0.6 is 0 Å². The van der Waals surface area contributed by atoms with Crippen LogP contribution in [0.15, 0.2) is 0 Å². The Morgan fingerprint density at radius 3 is 2.43 bits per heavy atom. The summed E-state index contributed by atoms with van der Waals surface area (Å²) in [7, 11) is 0. The average molecular weight is 117 g/mol. The lowest BCUT2D eigenvalue weighted by molar-refractivity contribution is -0.254. The molecule has 0 aromatic heterocycles. The van der Waals surface area contributed by atoms with Gasteiger partial charge >= 0.3 is 22.5 Å². The van der Waals surface area contributed by atoms with E-state index in [2.05, 4.69) is 4.84 Å². The number of nitrogens with zero attached hydrogens (tertiary/aromatic N) is 1. The Bertz CT molecular complexity index is 73.3. The summed E-state index contributed by atoms with van der Waals surface area (Å²) < 4.78 is 0.266. The minimum atomic E-state index is -0.558. The summed E-state index contributed by atoms with van der Waals surface area (Å²) in [6.07, 6.45) is 0. The summed E-state index contributed by atoms with van der Waals surface area (Å²) in [4.78, 5) is 13.8. The third kappa shape index (κ3) is 5.92. The number of rotatable bonds is 1. The van der Waals surface area contributed by atoms with Gasteiger partial charge < -0.3 is 10.0 Å². The summed E-state index contributed by atoms with van der Waals surface area (Å²) in [5, 5.41) is 8.08. The lowest BCUT2D eigenvalue weighted by atomic mass is 10.8. The quantitative estimate of drug-likeness (QED) is 0.362. The van der Waals surface area contributed by atoms with E-state index in [4.69, 9.17) is 5.21 Å². The molecule has 0 bridgehead atoms. The van der Waals surface area contributed by atoms with E-state index < -0.39 is 5.97 Å². The van der Waals surface area contributed by atoms with Crippen LogP contribution in [0.5, 0.6) is 0 Å². The molecule has 0 heterocycles. The van der Waals surface area contributed by atoms with Gasteiger partial charge in [-0.25, -0.2) is 0 Å². The Hall–Kier alpha value is -0.0775. The van der Waals surface area contributed by atoms with Crippen molar-refractivity contribution in [2.24, 2.45) is 0 Å². The molecular weight excluding hydrogens is 113 g/mol. The van der Waals surface area contributed by atoms with E-state index >= 15 is 0 Å². The zero-order valence-corrected chi connectivity index (χ0v) is 4.94. The highest BCUT2D eigenvalue weighted by molar-refractivity contribution is 6.03. The molecule has 1 N–H and O–H groups in total. The smallest absolute Gasteiger partial charge is 0.371 e. The Labute approximate surface area is 49.2 Å². The molecule has 38 valence electrons. The molecule has 4 nitrogen and oxygen atoms in total. The number of carbonyl (C=O) groups excluding carboxylic acids is 1. The maximum atomic E-state index is 9.82. The van der Waals surface area contributed by atoms with E-state index in [9.17, 15) is 4.79 Å². The van der Waals surface area contributed by atoms with Crippen LogP contribution in [0.25, 0.3) is 0 Å². The minimum absolute atomic E-state index is 0.266. The van der Waals surface area contributed by atoms with Crippen molar-refractivity contribution in [2.45, 2.75) is 6.92 Å². The first-order valence-electron chi connectivity index (χ1n) is 1.55. The van der Waals surface area contributed by atoms with Gasteiger partial charge in [0.15, 0.2) is 0 Å². The maximum absolute atomic E-state index is 9.82. The molecule has 0 spiro atoms. The van der Waals surface area contributed by atoms with E-state index in [1.807, 2.05) is 0 Å². The molecule has 0 amide bonds. The summed E-state index contributed by atoms with van der Waals surface area (Å²) in [6.45, 7) is 1.19. The van der Waals surface area contributed by atoms with Crippen LogP contribution in [0, 0.1) is 0 Å². The molecule has 5 heteroatoms. The first-order chi connectivity index (χ1) is 3.13. The average Bonchev–Trinajstić information content (AvgIpc) is 1.27. The molecule has 0 atom stereocenters. The van der Waals surface area contributed by atoms with Gasteiger partial charge in [-0.3, -0.25) is 4.79 Å². The van der Waals surface area contributed by atoms with Gasteiger partial charge in [-0.2, -0.15) is 4.21 Å². The summed E-state index contributed by atoms with van der Waals surface area (Å²) in [5.41, 5.74) is 0. The van der Waals surface area contributed by atoms with Gasteiger partial charge in [-0.1, -0.05) is 0 Å². The van der Waals surface area contributed by atoms with Gasteiger partial charge in [-0.15, -0.1) is 0 Å². The lowest BCUT2D eigenvalue weighted by Crippen LogP contribution is -2.18. The molecule has 2 radical (unpaired) electrons. The van der Waals surface area contributed by atoms with Gasteiger partial charge in [0.1, 0.15) is 0 Å². The second-order valence-electron chi connectivity index (χ2n) is 0.885. The van der Waals surface area contributed by atoms with Gasteiger partial charge in [0.25, 0.3) is 0 Å². The molecule has 0 aliphatic carbocycles. The zero-order chi connectivity index (χ0) is 5.86. The van der Waals surface area contributed by atoms with Crippen LogP contribution < -0.4 is 0 Å². The van der Waals surface area contributed by atoms with Gasteiger partial charge in [-0.05, 0) is 0 Å². The second-order valence-corrected chi connectivity index (χ2v) is 1.33. The molecule has 0 saturated carbocycles. The van der Waals surface area contributed by atoms with Crippen LogP contribution in [0.4, 0.5) is 0 Å². The topological polar surface area (TPSA) is 49.8 Å². The molecule has 0 fully saturated rings. The summed E-state index contributed by atoms with van der Waals surface area (Å²) in [6, 6.07) is 0. The molecule has 0 aromatic rings. The van der Waals surface area contributed by atoms with E-state index in [-0.39, 0.29) is 4.21 Å². The van der Waals surface area contributed by atoms with Crippen LogP contribution in [0.3, 0.4) is 0 Å². The first-order valence-corrected chi connectivity index (χ1v) is 2.07. The molecule has 0 saturated heterocycles. The summed E-state index contributed by atoms with van der Waals surface area (Å²) >= 11 is 1.75. The first kappa shape index (κ1) is 6.92. The predicted octanol–water partition coefficient (Wildman–Crippen LogP) is -0.761. The monoisotopic (exact) mass is 117 g/mol. The Morgan fingerprint density at radius 2 is 2.43 bits per heavy atom. The van der Waals surface area contributed by atoms with Gasteiger partial charge in [0, 0.05) is 6.92 Å².